The van der Waals surface area contributed by atoms with Gasteiger partial charge in [0.2, 0.25) is 5.91 Å². The molecule has 0 atom stereocenters. The van der Waals surface area contributed by atoms with Crippen LogP contribution in [0.5, 0.6) is 5.75 Å². The molecule has 1 aliphatic heterocycles. The largest absolute Gasteiger partial charge is 0.497 e. The Balaban J connectivity index is 1.35. The van der Waals surface area contributed by atoms with Crippen molar-refractivity contribution < 1.29 is 9.53 Å². The fraction of sp³-hybridized carbons (Fsp3) is 0.348. The predicted octanol–water partition coefficient (Wildman–Crippen LogP) is 3.41. The van der Waals surface area contributed by atoms with Crippen LogP contribution in [0.3, 0.4) is 0 Å². The van der Waals surface area contributed by atoms with Gasteiger partial charge in [0.1, 0.15) is 5.75 Å². The van der Waals surface area contributed by atoms with Crippen molar-refractivity contribution in [3.63, 3.8) is 0 Å². The van der Waals surface area contributed by atoms with Gasteiger partial charge in [0.05, 0.1) is 12.9 Å². The van der Waals surface area contributed by atoms with Crippen LogP contribution in [0.2, 0.25) is 0 Å². The number of ether oxygens (including phenoxy) is 1. The molecule has 4 rings (SSSR count). The van der Waals surface area contributed by atoms with Crippen LogP contribution in [0.25, 0.3) is 11.4 Å². The van der Waals surface area contributed by atoms with Crippen molar-refractivity contribution in [2.45, 2.75) is 18.6 Å². The first-order valence-electron chi connectivity index (χ1n) is 10.5. The molecule has 1 aromatic heterocycles. The molecular weight excluding hydrogens is 410 g/mol. The fourth-order valence-electron chi connectivity index (χ4n) is 3.70. The number of rotatable bonds is 7. The van der Waals surface area contributed by atoms with E-state index in [9.17, 15) is 4.79 Å². The fourth-order valence-corrected chi connectivity index (χ4v) is 4.61. The Morgan fingerprint density at radius 2 is 1.71 bits per heavy atom. The van der Waals surface area contributed by atoms with E-state index in [1.165, 1.54) is 17.4 Å². The van der Waals surface area contributed by atoms with Gasteiger partial charge in [0, 0.05) is 44.0 Å². The van der Waals surface area contributed by atoms with Gasteiger partial charge in [0.25, 0.3) is 0 Å². The highest BCUT2D eigenvalue weighted by atomic mass is 32.2. The third-order valence-corrected chi connectivity index (χ3v) is 6.41. The highest BCUT2D eigenvalue weighted by molar-refractivity contribution is 7.99. The number of anilines is 1. The van der Waals surface area contributed by atoms with Crippen LogP contribution in [0.1, 0.15) is 6.92 Å². The molecule has 0 radical (unpaired) electrons. The number of hydrogen-bond donors (Lipinski definition) is 0. The number of carbonyl (C=O) groups is 1. The van der Waals surface area contributed by atoms with Crippen molar-refractivity contribution in [3.8, 4) is 17.1 Å². The number of thioether (sulfide) groups is 1. The molecule has 3 aromatic rings. The van der Waals surface area contributed by atoms with Crippen LogP contribution < -0.4 is 9.64 Å². The average Bonchev–Trinajstić information content (AvgIpc) is 3.26. The quantitative estimate of drug-likeness (QED) is 0.528. The summed E-state index contributed by atoms with van der Waals surface area (Å²) < 4.78 is 7.28. The number of piperazine rings is 1. The lowest BCUT2D eigenvalue weighted by atomic mass is 10.2. The first-order chi connectivity index (χ1) is 15.2. The van der Waals surface area contributed by atoms with Crippen molar-refractivity contribution in [2.24, 2.45) is 0 Å². The maximum atomic E-state index is 12.8. The molecule has 1 aliphatic rings. The lowest BCUT2D eigenvalue weighted by Crippen LogP contribution is -2.49. The lowest BCUT2D eigenvalue weighted by Gasteiger charge is -2.36. The van der Waals surface area contributed by atoms with Crippen molar-refractivity contribution in [3.05, 3.63) is 54.6 Å². The molecule has 31 heavy (non-hydrogen) atoms. The van der Waals surface area contributed by atoms with E-state index < -0.39 is 0 Å². The van der Waals surface area contributed by atoms with Crippen LogP contribution in [0, 0.1) is 0 Å². The van der Waals surface area contributed by atoms with Crippen LogP contribution in [-0.2, 0) is 11.3 Å². The average molecular weight is 438 g/mol. The summed E-state index contributed by atoms with van der Waals surface area (Å²) in [5, 5.41) is 9.48. The molecule has 0 spiro atoms. The lowest BCUT2D eigenvalue weighted by molar-refractivity contribution is -0.128. The Kier molecular flexibility index (Phi) is 6.76. The summed E-state index contributed by atoms with van der Waals surface area (Å²) in [7, 11) is 1.65. The van der Waals surface area contributed by atoms with E-state index in [1.807, 2.05) is 51.9 Å². The van der Waals surface area contributed by atoms with Crippen molar-refractivity contribution >= 4 is 23.4 Å². The number of aromatic nitrogens is 3. The van der Waals surface area contributed by atoms with Gasteiger partial charge < -0.3 is 19.1 Å². The first kappa shape index (κ1) is 21.2. The summed E-state index contributed by atoms with van der Waals surface area (Å²) in [6.45, 7) is 5.99. The van der Waals surface area contributed by atoms with Gasteiger partial charge in [0.15, 0.2) is 11.0 Å². The van der Waals surface area contributed by atoms with Gasteiger partial charge in [-0.15, -0.1) is 10.2 Å². The summed E-state index contributed by atoms with van der Waals surface area (Å²) in [5.41, 5.74) is 2.19. The third kappa shape index (κ3) is 4.85. The third-order valence-electron chi connectivity index (χ3n) is 5.46. The molecule has 1 amide bonds. The molecule has 0 N–H and O–H groups in total. The van der Waals surface area contributed by atoms with E-state index in [2.05, 4.69) is 34.2 Å². The van der Waals surface area contributed by atoms with Gasteiger partial charge in [-0.1, -0.05) is 30.0 Å². The maximum absolute atomic E-state index is 12.8. The van der Waals surface area contributed by atoms with Crippen LogP contribution in [-0.4, -0.2) is 64.6 Å². The van der Waals surface area contributed by atoms with E-state index >= 15 is 0 Å². The number of amides is 1. The van der Waals surface area contributed by atoms with Crippen molar-refractivity contribution in [1.82, 2.24) is 19.7 Å². The van der Waals surface area contributed by atoms with Gasteiger partial charge in [-0.05, 0) is 43.3 Å². The molecule has 1 fully saturated rings. The highest BCUT2D eigenvalue weighted by Gasteiger charge is 2.22. The number of hydrogen-bond acceptors (Lipinski definition) is 6. The number of benzene rings is 2. The Hall–Kier alpha value is -3.00. The summed E-state index contributed by atoms with van der Waals surface area (Å²) in [5.74, 6) is 2.12. The van der Waals surface area contributed by atoms with Gasteiger partial charge in [-0.25, -0.2) is 0 Å². The molecule has 2 aromatic carbocycles. The molecule has 7 nitrogen and oxygen atoms in total. The summed E-state index contributed by atoms with van der Waals surface area (Å²) in [4.78, 5) is 17.0. The SMILES string of the molecule is CCn1c(SCC(=O)N2CCN(c3ccccc3)CC2)nnc1-c1ccc(OC)cc1. The van der Waals surface area contributed by atoms with Gasteiger partial charge >= 0.3 is 0 Å². The zero-order valence-corrected chi connectivity index (χ0v) is 18.7. The first-order valence-corrected chi connectivity index (χ1v) is 11.5. The Morgan fingerprint density at radius 3 is 2.35 bits per heavy atom. The monoisotopic (exact) mass is 437 g/mol. The molecule has 0 unspecified atom stereocenters. The summed E-state index contributed by atoms with van der Waals surface area (Å²) in [6, 6.07) is 18.1. The minimum absolute atomic E-state index is 0.148. The molecule has 2 heterocycles. The van der Waals surface area contributed by atoms with Crippen LogP contribution >= 0.6 is 11.8 Å². The predicted molar refractivity (Wildman–Crippen MR) is 124 cm³/mol. The van der Waals surface area contributed by atoms with E-state index in [0.29, 0.717) is 5.75 Å². The summed E-state index contributed by atoms with van der Waals surface area (Å²) in [6.07, 6.45) is 0. The normalized spacial score (nSPS) is 14.0. The second-order valence-corrected chi connectivity index (χ2v) is 8.21. The zero-order chi connectivity index (χ0) is 21.6. The second-order valence-electron chi connectivity index (χ2n) is 7.27. The molecule has 162 valence electrons. The van der Waals surface area contributed by atoms with E-state index in [4.69, 9.17) is 4.74 Å². The zero-order valence-electron chi connectivity index (χ0n) is 17.9. The van der Waals surface area contributed by atoms with Crippen molar-refractivity contribution in [2.75, 3.05) is 43.9 Å². The Bertz CT molecular complexity index is 999. The topological polar surface area (TPSA) is 63.5 Å². The number of para-hydroxylation sites is 1. The van der Waals surface area contributed by atoms with E-state index in [1.54, 1.807) is 7.11 Å². The van der Waals surface area contributed by atoms with Crippen LogP contribution in [0.15, 0.2) is 59.8 Å². The van der Waals surface area contributed by atoms with Crippen molar-refractivity contribution in [1.29, 1.82) is 0 Å². The molecule has 0 bridgehead atoms. The Labute approximate surface area is 187 Å². The van der Waals surface area contributed by atoms with Crippen LogP contribution in [0.4, 0.5) is 5.69 Å². The maximum Gasteiger partial charge on any atom is 0.233 e. The minimum atomic E-state index is 0.148. The van der Waals surface area contributed by atoms with Gasteiger partial charge in [-0.3, -0.25) is 4.79 Å². The molecule has 1 saturated heterocycles. The molecule has 0 saturated carbocycles. The second kappa shape index (κ2) is 9.87. The summed E-state index contributed by atoms with van der Waals surface area (Å²) >= 11 is 1.45. The van der Waals surface area contributed by atoms with E-state index in [-0.39, 0.29) is 5.91 Å². The number of nitrogens with zero attached hydrogens (tertiary/aromatic N) is 5. The van der Waals surface area contributed by atoms with E-state index in [0.717, 1.165) is 55.0 Å². The molecule has 8 heteroatoms. The molecular formula is C23H27N5O2S. The highest BCUT2D eigenvalue weighted by Crippen LogP contribution is 2.26. The molecule has 0 aliphatic carbocycles. The standard InChI is InChI=1S/C23H27N5O2S/c1-3-28-22(18-9-11-20(30-2)12-10-18)24-25-23(28)31-17-21(29)27-15-13-26(14-16-27)19-7-5-4-6-8-19/h4-12H,3,13-17H2,1-2H3. The minimum Gasteiger partial charge on any atom is -0.497 e. The Morgan fingerprint density at radius 1 is 1.00 bits per heavy atom. The smallest absolute Gasteiger partial charge is 0.233 e. The number of methoxy groups -OCH3 is 1. The van der Waals surface area contributed by atoms with Gasteiger partial charge in [-0.2, -0.15) is 0 Å². The number of carbonyl (C=O) groups excluding carboxylic acids is 1.